The summed E-state index contributed by atoms with van der Waals surface area (Å²) >= 11 is 0. The molecule has 3 N–H and O–H groups in total. The lowest BCUT2D eigenvalue weighted by Crippen LogP contribution is -2.51. The number of benzene rings is 1. The van der Waals surface area contributed by atoms with Crippen LogP contribution in [0.5, 0.6) is 5.75 Å². The predicted molar refractivity (Wildman–Crippen MR) is 75.3 cm³/mol. The highest BCUT2D eigenvalue weighted by Gasteiger charge is 2.40. The normalized spacial score (nSPS) is 14.8. The maximum absolute atomic E-state index is 11.1. The van der Waals surface area contributed by atoms with Crippen LogP contribution in [0.2, 0.25) is 0 Å². The largest absolute Gasteiger partial charge is 0.496 e. The Bertz CT molecular complexity index is 451. The maximum Gasteiger partial charge on any atom is 0.303 e. The highest BCUT2D eigenvalue weighted by molar-refractivity contribution is 5.68. The summed E-state index contributed by atoms with van der Waals surface area (Å²) in [6.45, 7) is 5.64. The summed E-state index contributed by atoms with van der Waals surface area (Å²) < 4.78 is 5.32. The van der Waals surface area contributed by atoms with Crippen molar-refractivity contribution in [3.63, 3.8) is 0 Å². The Hall–Kier alpha value is -1.55. The van der Waals surface area contributed by atoms with Crippen LogP contribution in [-0.2, 0) is 11.2 Å². The van der Waals surface area contributed by atoms with Crippen LogP contribution in [0.15, 0.2) is 24.3 Å². The standard InChI is InChI=1S/C15H23NO3/c1-14(2,16)15(3,10-13(17)18)9-11-7-5-6-8-12(11)19-4/h5-8H,9-10,16H2,1-4H3,(H,17,18). The van der Waals surface area contributed by atoms with E-state index in [1.54, 1.807) is 7.11 Å². The van der Waals surface area contributed by atoms with E-state index < -0.39 is 16.9 Å². The number of carboxylic acids is 1. The molecular formula is C15H23NO3. The molecule has 0 aliphatic heterocycles. The number of methoxy groups -OCH3 is 1. The minimum atomic E-state index is -0.837. The number of nitrogens with two attached hydrogens (primary N) is 1. The van der Waals surface area contributed by atoms with Gasteiger partial charge in [-0.15, -0.1) is 0 Å². The second kappa shape index (κ2) is 5.61. The molecule has 1 aromatic carbocycles. The number of carboxylic acid groups (broad SMARTS) is 1. The summed E-state index contributed by atoms with van der Waals surface area (Å²) in [5, 5.41) is 9.13. The van der Waals surface area contributed by atoms with E-state index in [1.807, 2.05) is 45.0 Å². The van der Waals surface area contributed by atoms with E-state index in [1.165, 1.54) is 0 Å². The third-order valence-electron chi connectivity index (χ3n) is 3.87. The monoisotopic (exact) mass is 265 g/mol. The zero-order valence-corrected chi connectivity index (χ0v) is 12.1. The molecule has 0 heterocycles. The van der Waals surface area contributed by atoms with Crippen LogP contribution in [0.4, 0.5) is 0 Å². The molecule has 19 heavy (non-hydrogen) atoms. The van der Waals surface area contributed by atoms with Crippen LogP contribution >= 0.6 is 0 Å². The van der Waals surface area contributed by atoms with Gasteiger partial charge in [0.05, 0.1) is 13.5 Å². The van der Waals surface area contributed by atoms with Crippen LogP contribution < -0.4 is 10.5 Å². The summed E-state index contributed by atoms with van der Waals surface area (Å²) in [6, 6.07) is 7.64. The van der Waals surface area contributed by atoms with Crippen molar-refractivity contribution in [3.05, 3.63) is 29.8 Å². The van der Waals surface area contributed by atoms with Crippen LogP contribution in [-0.4, -0.2) is 23.7 Å². The highest BCUT2D eigenvalue weighted by Crippen LogP contribution is 2.38. The van der Waals surface area contributed by atoms with Crippen molar-refractivity contribution >= 4 is 5.97 Å². The summed E-state index contributed by atoms with van der Waals surface area (Å²) in [4.78, 5) is 11.1. The number of hydrogen-bond donors (Lipinski definition) is 2. The zero-order valence-electron chi connectivity index (χ0n) is 12.1. The molecule has 0 aliphatic rings. The minimum absolute atomic E-state index is 0.0224. The predicted octanol–water partition coefficient (Wildman–Crippen LogP) is 2.46. The zero-order chi connectivity index (χ0) is 14.7. The van der Waals surface area contributed by atoms with Crippen molar-refractivity contribution in [2.75, 3.05) is 7.11 Å². The third kappa shape index (κ3) is 3.70. The van der Waals surface area contributed by atoms with Crippen molar-refractivity contribution in [1.29, 1.82) is 0 Å². The second-order valence-corrected chi connectivity index (χ2v) is 5.84. The van der Waals surface area contributed by atoms with E-state index in [2.05, 4.69) is 0 Å². The van der Waals surface area contributed by atoms with E-state index in [0.717, 1.165) is 11.3 Å². The molecule has 0 saturated carbocycles. The van der Waals surface area contributed by atoms with Gasteiger partial charge in [0, 0.05) is 5.54 Å². The number of para-hydroxylation sites is 1. The van der Waals surface area contributed by atoms with Gasteiger partial charge in [-0.25, -0.2) is 0 Å². The molecule has 1 atom stereocenters. The quantitative estimate of drug-likeness (QED) is 0.828. The van der Waals surface area contributed by atoms with Crippen molar-refractivity contribution in [1.82, 2.24) is 0 Å². The first kappa shape index (κ1) is 15.5. The lowest BCUT2D eigenvalue weighted by molar-refractivity contribution is -0.140. The fourth-order valence-corrected chi connectivity index (χ4v) is 2.12. The Morgan fingerprint density at radius 3 is 2.37 bits per heavy atom. The van der Waals surface area contributed by atoms with Gasteiger partial charge in [0.25, 0.3) is 0 Å². The molecule has 0 fully saturated rings. The Morgan fingerprint density at radius 2 is 1.89 bits per heavy atom. The van der Waals surface area contributed by atoms with Crippen molar-refractivity contribution in [3.8, 4) is 5.75 Å². The minimum Gasteiger partial charge on any atom is -0.496 e. The molecular weight excluding hydrogens is 242 g/mol. The van der Waals surface area contributed by atoms with Crippen molar-refractivity contribution in [2.45, 2.75) is 39.2 Å². The average Bonchev–Trinajstić information content (AvgIpc) is 2.27. The molecule has 0 radical (unpaired) electrons. The molecule has 0 aromatic heterocycles. The molecule has 0 spiro atoms. The first-order valence-electron chi connectivity index (χ1n) is 6.32. The first-order chi connectivity index (χ1) is 8.69. The summed E-state index contributed by atoms with van der Waals surface area (Å²) in [5.41, 5.74) is 6.02. The summed E-state index contributed by atoms with van der Waals surface area (Å²) in [7, 11) is 1.61. The second-order valence-electron chi connectivity index (χ2n) is 5.84. The topological polar surface area (TPSA) is 72.5 Å². The van der Waals surface area contributed by atoms with E-state index in [9.17, 15) is 4.79 Å². The highest BCUT2D eigenvalue weighted by atomic mass is 16.5. The van der Waals surface area contributed by atoms with E-state index >= 15 is 0 Å². The molecule has 1 aromatic rings. The van der Waals surface area contributed by atoms with Crippen LogP contribution in [0.25, 0.3) is 0 Å². The van der Waals surface area contributed by atoms with Gasteiger partial charge in [0.1, 0.15) is 5.75 Å². The van der Waals surface area contributed by atoms with Gasteiger partial charge in [-0.05, 0) is 37.3 Å². The van der Waals surface area contributed by atoms with Crippen molar-refractivity contribution in [2.24, 2.45) is 11.1 Å². The van der Waals surface area contributed by atoms with Crippen molar-refractivity contribution < 1.29 is 14.6 Å². The smallest absolute Gasteiger partial charge is 0.303 e. The number of hydrogen-bond acceptors (Lipinski definition) is 3. The van der Waals surface area contributed by atoms with E-state index in [0.29, 0.717) is 6.42 Å². The Kier molecular flexibility index (Phi) is 4.58. The van der Waals surface area contributed by atoms with Gasteiger partial charge < -0.3 is 15.6 Å². The molecule has 106 valence electrons. The molecule has 4 heteroatoms. The van der Waals surface area contributed by atoms with Gasteiger partial charge >= 0.3 is 5.97 Å². The Balaban J connectivity index is 3.11. The number of ether oxygens (including phenoxy) is 1. The number of aliphatic carboxylic acids is 1. The molecule has 1 rings (SSSR count). The third-order valence-corrected chi connectivity index (χ3v) is 3.87. The summed E-state index contributed by atoms with van der Waals surface area (Å²) in [6.07, 6.45) is 0.585. The fraction of sp³-hybridized carbons (Fsp3) is 0.533. The van der Waals surface area contributed by atoms with E-state index in [-0.39, 0.29) is 6.42 Å². The molecule has 1 unspecified atom stereocenters. The Labute approximate surface area is 114 Å². The fourth-order valence-electron chi connectivity index (χ4n) is 2.12. The lowest BCUT2D eigenvalue weighted by atomic mass is 9.67. The van der Waals surface area contributed by atoms with Gasteiger partial charge in [0.2, 0.25) is 0 Å². The molecule has 0 amide bonds. The van der Waals surface area contributed by atoms with Crippen LogP contribution in [0.1, 0.15) is 32.8 Å². The van der Waals surface area contributed by atoms with Gasteiger partial charge in [-0.1, -0.05) is 25.1 Å². The van der Waals surface area contributed by atoms with E-state index in [4.69, 9.17) is 15.6 Å². The molecule has 4 nitrogen and oxygen atoms in total. The van der Waals surface area contributed by atoms with Crippen LogP contribution in [0, 0.1) is 5.41 Å². The van der Waals surface area contributed by atoms with Crippen LogP contribution in [0.3, 0.4) is 0 Å². The lowest BCUT2D eigenvalue weighted by Gasteiger charge is -2.41. The first-order valence-corrected chi connectivity index (χ1v) is 6.32. The van der Waals surface area contributed by atoms with Gasteiger partial charge in [-0.3, -0.25) is 4.79 Å². The molecule has 0 bridgehead atoms. The number of carbonyl (C=O) groups is 1. The van der Waals surface area contributed by atoms with Gasteiger partial charge in [-0.2, -0.15) is 0 Å². The van der Waals surface area contributed by atoms with Gasteiger partial charge in [0.15, 0.2) is 0 Å². The average molecular weight is 265 g/mol. The molecule has 0 saturated heterocycles. The summed E-state index contributed by atoms with van der Waals surface area (Å²) in [5.74, 6) is -0.0701. The Morgan fingerprint density at radius 1 is 1.32 bits per heavy atom. The molecule has 0 aliphatic carbocycles. The SMILES string of the molecule is COc1ccccc1CC(C)(CC(=O)O)C(C)(C)N. The maximum atomic E-state index is 11.1. The number of rotatable bonds is 6.